The second-order valence-electron chi connectivity index (χ2n) is 5.57. The van der Waals surface area contributed by atoms with Crippen molar-refractivity contribution in [2.45, 2.75) is 57.0 Å². The molecule has 2 fully saturated rings. The van der Waals surface area contributed by atoms with Gasteiger partial charge in [-0.25, -0.2) is 0 Å². The van der Waals surface area contributed by atoms with Crippen molar-refractivity contribution in [3.8, 4) is 0 Å². The third kappa shape index (κ3) is 1.84. The highest BCUT2D eigenvalue weighted by Gasteiger charge is 2.42. The Morgan fingerprint density at radius 1 is 1.31 bits per heavy atom. The zero-order valence-electron chi connectivity index (χ0n) is 9.90. The van der Waals surface area contributed by atoms with Crippen molar-refractivity contribution in [2.24, 2.45) is 5.92 Å². The maximum absolute atomic E-state index is 11.6. The minimum Gasteiger partial charge on any atom is -0.300 e. The van der Waals surface area contributed by atoms with E-state index in [2.05, 4.69) is 17.1 Å². The van der Waals surface area contributed by atoms with Gasteiger partial charge in [-0.15, -0.1) is 0 Å². The van der Waals surface area contributed by atoms with Crippen molar-refractivity contribution in [3.05, 3.63) is 12.2 Å². The molecule has 2 nitrogen and oxygen atoms in total. The summed E-state index contributed by atoms with van der Waals surface area (Å²) in [5.74, 6) is 1.29. The van der Waals surface area contributed by atoms with Gasteiger partial charge in [0.05, 0.1) is 0 Å². The molecule has 1 saturated heterocycles. The van der Waals surface area contributed by atoms with Crippen LogP contribution in [0, 0.1) is 5.92 Å². The Morgan fingerprint density at radius 3 is 3.19 bits per heavy atom. The highest BCUT2D eigenvalue weighted by Crippen LogP contribution is 2.39. The fraction of sp³-hybridized carbons (Fsp3) is 0.786. The smallest absolute Gasteiger partial charge is 0.134 e. The lowest BCUT2D eigenvalue weighted by Crippen LogP contribution is -2.41. The van der Waals surface area contributed by atoms with Gasteiger partial charge in [-0.1, -0.05) is 12.2 Å². The van der Waals surface area contributed by atoms with Crippen molar-refractivity contribution in [1.82, 2.24) is 4.90 Å². The molecular weight excluding hydrogens is 198 g/mol. The molecule has 1 saturated carbocycles. The first kappa shape index (κ1) is 10.5. The fourth-order valence-electron chi connectivity index (χ4n) is 3.73. The number of allylic oxidation sites excluding steroid dienone is 1. The van der Waals surface area contributed by atoms with Crippen LogP contribution < -0.4 is 0 Å². The number of hydrogen-bond acceptors (Lipinski definition) is 2. The molecule has 2 heterocycles. The van der Waals surface area contributed by atoms with Crippen LogP contribution in [-0.2, 0) is 4.79 Å². The lowest BCUT2D eigenvalue weighted by Gasteiger charge is -2.33. The summed E-state index contributed by atoms with van der Waals surface area (Å²) >= 11 is 0. The average molecular weight is 219 g/mol. The fourth-order valence-corrected chi connectivity index (χ4v) is 3.73. The van der Waals surface area contributed by atoms with E-state index >= 15 is 0 Å². The largest absolute Gasteiger partial charge is 0.300 e. The van der Waals surface area contributed by atoms with Crippen LogP contribution in [0.3, 0.4) is 0 Å². The molecular formula is C14H21NO. The van der Waals surface area contributed by atoms with Gasteiger partial charge in [-0.05, 0) is 44.6 Å². The van der Waals surface area contributed by atoms with Crippen LogP contribution in [0.4, 0.5) is 0 Å². The lowest BCUT2D eigenvalue weighted by molar-refractivity contribution is -0.122. The number of nitrogens with zero attached hydrogens (tertiary/aromatic N) is 1. The van der Waals surface area contributed by atoms with Crippen molar-refractivity contribution in [1.29, 1.82) is 0 Å². The predicted molar refractivity (Wildman–Crippen MR) is 64.2 cm³/mol. The molecule has 0 unspecified atom stereocenters. The van der Waals surface area contributed by atoms with E-state index in [9.17, 15) is 4.79 Å². The van der Waals surface area contributed by atoms with E-state index in [0.717, 1.165) is 25.2 Å². The molecule has 0 aromatic rings. The molecule has 2 aliphatic heterocycles. The van der Waals surface area contributed by atoms with Crippen LogP contribution >= 0.6 is 0 Å². The zero-order chi connectivity index (χ0) is 11.0. The summed E-state index contributed by atoms with van der Waals surface area (Å²) in [6.45, 7) is 1.21. The van der Waals surface area contributed by atoms with Gasteiger partial charge in [0.15, 0.2) is 0 Å². The SMILES string of the molecule is O=C1CC[C@H]2C[C@@H]3/C=C\CCCCN3[C@H]2C1. The van der Waals surface area contributed by atoms with E-state index in [0.29, 0.717) is 17.9 Å². The molecule has 3 rings (SSSR count). The summed E-state index contributed by atoms with van der Waals surface area (Å²) in [5, 5.41) is 0. The Bertz CT molecular complexity index is 310. The molecule has 2 heteroatoms. The van der Waals surface area contributed by atoms with Crippen LogP contribution in [-0.4, -0.2) is 29.3 Å². The van der Waals surface area contributed by atoms with Gasteiger partial charge in [-0.3, -0.25) is 9.69 Å². The van der Waals surface area contributed by atoms with Crippen molar-refractivity contribution < 1.29 is 4.79 Å². The molecule has 0 spiro atoms. The van der Waals surface area contributed by atoms with Gasteiger partial charge < -0.3 is 0 Å². The van der Waals surface area contributed by atoms with Crippen LogP contribution in [0.1, 0.15) is 44.9 Å². The van der Waals surface area contributed by atoms with Crippen LogP contribution in [0.25, 0.3) is 0 Å². The number of rotatable bonds is 0. The Hall–Kier alpha value is -0.630. The third-order valence-electron chi connectivity index (χ3n) is 4.57. The molecule has 88 valence electrons. The van der Waals surface area contributed by atoms with E-state index in [1.54, 1.807) is 0 Å². The molecule has 0 N–H and O–H groups in total. The number of hydrogen-bond donors (Lipinski definition) is 0. The monoisotopic (exact) mass is 219 g/mol. The van der Waals surface area contributed by atoms with Gasteiger partial charge in [-0.2, -0.15) is 0 Å². The highest BCUT2D eigenvalue weighted by molar-refractivity contribution is 5.80. The van der Waals surface area contributed by atoms with Gasteiger partial charge >= 0.3 is 0 Å². The highest BCUT2D eigenvalue weighted by atomic mass is 16.1. The first-order valence-electron chi connectivity index (χ1n) is 6.79. The normalized spacial score (nSPS) is 42.0. The summed E-state index contributed by atoms with van der Waals surface area (Å²) in [7, 11) is 0. The number of carbonyl (C=O) groups excluding carboxylic acids is 1. The predicted octanol–water partition coefficient (Wildman–Crippen LogP) is 2.54. The van der Waals surface area contributed by atoms with Crippen LogP contribution in [0.15, 0.2) is 12.2 Å². The summed E-state index contributed by atoms with van der Waals surface area (Å²) < 4.78 is 0. The molecule has 0 bridgehead atoms. The van der Waals surface area contributed by atoms with Gasteiger partial charge in [0.2, 0.25) is 0 Å². The van der Waals surface area contributed by atoms with Gasteiger partial charge in [0.25, 0.3) is 0 Å². The van der Waals surface area contributed by atoms with Crippen molar-refractivity contribution in [2.75, 3.05) is 6.54 Å². The van der Waals surface area contributed by atoms with E-state index in [-0.39, 0.29) is 0 Å². The molecule has 3 atom stereocenters. The van der Waals surface area contributed by atoms with Crippen LogP contribution in [0.5, 0.6) is 0 Å². The molecule has 16 heavy (non-hydrogen) atoms. The van der Waals surface area contributed by atoms with Crippen molar-refractivity contribution in [3.63, 3.8) is 0 Å². The summed E-state index contributed by atoms with van der Waals surface area (Å²) in [6.07, 6.45) is 12.7. The third-order valence-corrected chi connectivity index (χ3v) is 4.57. The topological polar surface area (TPSA) is 20.3 Å². The first-order chi connectivity index (χ1) is 7.84. The first-order valence-corrected chi connectivity index (χ1v) is 6.79. The van der Waals surface area contributed by atoms with Crippen LogP contribution in [0.2, 0.25) is 0 Å². The Balaban J connectivity index is 1.79. The maximum Gasteiger partial charge on any atom is 0.134 e. The van der Waals surface area contributed by atoms with E-state index in [1.807, 2.05) is 0 Å². The summed E-state index contributed by atoms with van der Waals surface area (Å²) in [6, 6.07) is 1.22. The lowest BCUT2D eigenvalue weighted by atomic mass is 9.84. The minimum absolute atomic E-state index is 0.493. The second kappa shape index (κ2) is 4.33. The second-order valence-corrected chi connectivity index (χ2v) is 5.57. The average Bonchev–Trinajstić information content (AvgIpc) is 2.55. The molecule has 0 amide bonds. The quantitative estimate of drug-likeness (QED) is 0.584. The Kier molecular flexibility index (Phi) is 2.84. The molecule has 3 aliphatic rings. The molecule has 0 aromatic heterocycles. The summed E-state index contributed by atoms with van der Waals surface area (Å²) in [4.78, 5) is 14.2. The number of ketones is 1. The zero-order valence-corrected chi connectivity index (χ0v) is 9.90. The van der Waals surface area contributed by atoms with Crippen molar-refractivity contribution >= 4 is 5.78 Å². The Morgan fingerprint density at radius 2 is 2.25 bits per heavy atom. The summed E-state index contributed by atoms with van der Waals surface area (Å²) in [5.41, 5.74) is 0. The van der Waals surface area contributed by atoms with E-state index < -0.39 is 0 Å². The van der Waals surface area contributed by atoms with Gasteiger partial charge in [0.1, 0.15) is 5.78 Å². The minimum atomic E-state index is 0.493. The number of carbonyl (C=O) groups is 1. The molecule has 0 radical (unpaired) electrons. The molecule has 1 aliphatic carbocycles. The number of fused-ring (bicyclic) bond motifs is 3. The standard InChI is InChI=1S/C14H21NO/c16-13-7-6-11-9-12-5-3-1-2-4-8-15(12)14(11)10-13/h3,5,11-12,14H,1-2,4,6-10H2/b5-3-/t11-,12-,14-/m0/s1. The van der Waals surface area contributed by atoms with E-state index in [1.165, 1.54) is 32.2 Å². The van der Waals surface area contributed by atoms with E-state index in [4.69, 9.17) is 0 Å². The van der Waals surface area contributed by atoms with Gasteiger partial charge in [0, 0.05) is 24.9 Å². The Labute approximate surface area is 97.7 Å². The molecule has 0 aromatic carbocycles. The number of Topliss-reactive ketones (excluding diaryl/α,β-unsaturated/α-hetero) is 1. The maximum atomic E-state index is 11.6.